The molecular weight excluding hydrogens is 252 g/mol. The summed E-state index contributed by atoms with van der Waals surface area (Å²) in [4.78, 5) is 4.40. The number of benzene rings is 1. The Kier molecular flexibility index (Phi) is 3.60. The second kappa shape index (κ2) is 5.71. The van der Waals surface area contributed by atoms with Gasteiger partial charge in [0.2, 0.25) is 0 Å². The first-order valence-electron chi connectivity index (χ1n) is 6.53. The van der Waals surface area contributed by atoms with Gasteiger partial charge < -0.3 is 9.84 Å². The van der Waals surface area contributed by atoms with E-state index in [-0.39, 0.29) is 0 Å². The average Bonchev–Trinajstić information content (AvgIpc) is 3.10. The van der Waals surface area contributed by atoms with E-state index >= 15 is 0 Å². The SMILES string of the molecule is Cc1ncc(CNCc2ccno2)n1-c1ccccc1. The maximum atomic E-state index is 5.06. The van der Waals surface area contributed by atoms with Gasteiger partial charge in [0.1, 0.15) is 11.6 Å². The van der Waals surface area contributed by atoms with Crippen LogP contribution in [0.3, 0.4) is 0 Å². The highest BCUT2D eigenvalue weighted by Crippen LogP contribution is 2.14. The van der Waals surface area contributed by atoms with E-state index in [1.165, 1.54) is 0 Å². The topological polar surface area (TPSA) is 55.9 Å². The largest absolute Gasteiger partial charge is 0.360 e. The molecule has 0 bridgehead atoms. The van der Waals surface area contributed by atoms with Crippen LogP contribution in [0.25, 0.3) is 5.69 Å². The van der Waals surface area contributed by atoms with Crippen LogP contribution in [-0.4, -0.2) is 14.7 Å². The van der Waals surface area contributed by atoms with Gasteiger partial charge in [-0.25, -0.2) is 4.98 Å². The van der Waals surface area contributed by atoms with Gasteiger partial charge in [-0.1, -0.05) is 23.4 Å². The predicted octanol–water partition coefficient (Wildman–Crippen LogP) is 2.46. The van der Waals surface area contributed by atoms with E-state index in [0.29, 0.717) is 6.54 Å². The average molecular weight is 268 g/mol. The van der Waals surface area contributed by atoms with E-state index in [2.05, 4.69) is 32.2 Å². The number of hydrogen-bond acceptors (Lipinski definition) is 4. The summed E-state index contributed by atoms with van der Waals surface area (Å²) >= 11 is 0. The van der Waals surface area contributed by atoms with Crippen molar-refractivity contribution in [2.45, 2.75) is 20.0 Å². The summed E-state index contributed by atoms with van der Waals surface area (Å²) in [5.74, 6) is 1.81. The fourth-order valence-corrected chi connectivity index (χ4v) is 2.19. The smallest absolute Gasteiger partial charge is 0.150 e. The number of aryl methyl sites for hydroxylation is 1. The van der Waals surface area contributed by atoms with E-state index in [0.717, 1.165) is 29.5 Å². The molecule has 0 saturated heterocycles. The summed E-state index contributed by atoms with van der Waals surface area (Å²) in [5.41, 5.74) is 2.24. The third kappa shape index (κ3) is 2.62. The Labute approximate surface area is 117 Å². The quantitative estimate of drug-likeness (QED) is 0.772. The van der Waals surface area contributed by atoms with Gasteiger partial charge in [0.25, 0.3) is 0 Å². The van der Waals surface area contributed by atoms with Crippen LogP contribution < -0.4 is 5.32 Å². The number of nitrogens with one attached hydrogen (secondary N) is 1. The molecule has 3 rings (SSSR count). The molecule has 20 heavy (non-hydrogen) atoms. The molecule has 3 aromatic rings. The maximum Gasteiger partial charge on any atom is 0.150 e. The number of nitrogens with zero attached hydrogens (tertiary/aromatic N) is 3. The van der Waals surface area contributed by atoms with E-state index < -0.39 is 0 Å². The molecule has 5 heteroatoms. The summed E-state index contributed by atoms with van der Waals surface area (Å²) in [5, 5.41) is 7.02. The van der Waals surface area contributed by atoms with Crippen molar-refractivity contribution in [3.8, 4) is 5.69 Å². The van der Waals surface area contributed by atoms with E-state index in [1.807, 2.05) is 37.4 Å². The molecule has 1 N–H and O–H groups in total. The molecule has 1 aromatic carbocycles. The summed E-state index contributed by atoms with van der Waals surface area (Å²) in [6.07, 6.45) is 3.55. The summed E-state index contributed by atoms with van der Waals surface area (Å²) in [7, 11) is 0. The molecule has 0 aliphatic carbocycles. The van der Waals surface area contributed by atoms with Crippen LogP contribution in [0.15, 0.2) is 53.3 Å². The Bertz CT molecular complexity index is 659. The van der Waals surface area contributed by atoms with Crippen LogP contribution in [-0.2, 0) is 13.1 Å². The summed E-state index contributed by atoms with van der Waals surface area (Å²) in [6.45, 7) is 3.38. The van der Waals surface area contributed by atoms with Crippen molar-refractivity contribution in [2.75, 3.05) is 0 Å². The lowest BCUT2D eigenvalue weighted by atomic mass is 10.3. The number of para-hydroxylation sites is 1. The Hall–Kier alpha value is -2.40. The minimum absolute atomic E-state index is 0.652. The predicted molar refractivity (Wildman–Crippen MR) is 75.3 cm³/mol. The van der Waals surface area contributed by atoms with Crippen molar-refractivity contribution in [2.24, 2.45) is 0 Å². The lowest BCUT2D eigenvalue weighted by Gasteiger charge is -2.10. The molecule has 0 radical (unpaired) electrons. The summed E-state index contributed by atoms with van der Waals surface area (Å²) in [6, 6.07) is 12.1. The Morgan fingerprint density at radius 2 is 2.00 bits per heavy atom. The van der Waals surface area contributed by atoms with Crippen molar-refractivity contribution in [1.29, 1.82) is 0 Å². The minimum Gasteiger partial charge on any atom is -0.360 e. The Balaban J connectivity index is 1.74. The fraction of sp³-hybridized carbons (Fsp3) is 0.200. The lowest BCUT2D eigenvalue weighted by Crippen LogP contribution is -2.15. The first kappa shape index (κ1) is 12.6. The number of aromatic nitrogens is 3. The molecule has 102 valence electrons. The molecule has 0 saturated carbocycles. The normalized spacial score (nSPS) is 10.8. The van der Waals surface area contributed by atoms with Gasteiger partial charge >= 0.3 is 0 Å². The van der Waals surface area contributed by atoms with E-state index in [1.54, 1.807) is 6.20 Å². The fourth-order valence-electron chi connectivity index (χ4n) is 2.19. The highest BCUT2D eigenvalue weighted by molar-refractivity contribution is 5.35. The Morgan fingerprint density at radius 1 is 1.15 bits per heavy atom. The van der Waals surface area contributed by atoms with Crippen molar-refractivity contribution in [1.82, 2.24) is 20.0 Å². The standard InChI is InChI=1S/C15H16N4O/c1-12-17-10-14(9-16-11-15-7-8-18-20-15)19(12)13-5-3-2-4-6-13/h2-8,10,16H,9,11H2,1H3. The molecule has 5 nitrogen and oxygen atoms in total. The minimum atomic E-state index is 0.652. The molecule has 0 aliphatic rings. The van der Waals surface area contributed by atoms with E-state index in [4.69, 9.17) is 4.52 Å². The van der Waals surface area contributed by atoms with Crippen molar-refractivity contribution in [3.63, 3.8) is 0 Å². The van der Waals surface area contributed by atoms with Crippen LogP contribution in [0.4, 0.5) is 0 Å². The highest BCUT2D eigenvalue weighted by Gasteiger charge is 2.08. The zero-order valence-corrected chi connectivity index (χ0v) is 11.3. The second-order valence-electron chi connectivity index (χ2n) is 4.55. The van der Waals surface area contributed by atoms with Crippen molar-refractivity contribution in [3.05, 3.63) is 66.1 Å². The first-order chi connectivity index (χ1) is 9.84. The molecule has 0 fully saturated rings. The van der Waals surface area contributed by atoms with Gasteiger partial charge in [-0.3, -0.25) is 4.57 Å². The molecule has 0 unspecified atom stereocenters. The molecule has 2 heterocycles. The van der Waals surface area contributed by atoms with Gasteiger partial charge in [-0.15, -0.1) is 0 Å². The number of hydrogen-bond donors (Lipinski definition) is 1. The molecule has 0 atom stereocenters. The van der Waals surface area contributed by atoms with Gasteiger partial charge in [0.15, 0.2) is 0 Å². The monoisotopic (exact) mass is 268 g/mol. The van der Waals surface area contributed by atoms with E-state index in [9.17, 15) is 0 Å². The van der Waals surface area contributed by atoms with Crippen LogP contribution in [0.5, 0.6) is 0 Å². The van der Waals surface area contributed by atoms with Gasteiger partial charge in [-0.2, -0.15) is 0 Å². The third-order valence-electron chi connectivity index (χ3n) is 3.12. The molecule has 0 spiro atoms. The zero-order valence-electron chi connectivity index (χ0n) is 11.3. The molecule has 2 aromatic heterocycles. The first-order valence-corrected chi connectivity index (χ1v) is 6.53. The van der Waals surface area contributed by atoms with Crippen LogP contribution in [0.2, 0.25) is 0 Å². The zero-order chi connectivity index (χ0) is 13.8. The molecular formula is C15H16N4O. The molecule has 0 aliphatic heterocycles. The van der Waals surface area contributed by atoms with Crippen LogP contribution >= 0.6 is 0 Å². The van der Waals surface area contributed by atoms with Gasteiger partial charge in [0, 0.05) is 18.3 Å². The lowest BCUT2D eigenvalue weighted by molar-refractivity contribution is 0.372. The van der Waals surface area contributed by atoms with Crippen molar-refractivity contribution >= 4 is 0 Å². The number of rotatable bonds is 5. The van der Waals surface area contributed by atoms with Crippen LogP contribution in [0, 0.1) is 6.92 Å². The molecule has 0 amide bonds. The number of imidazole rings is 1. The summed E-state index contributed by atoms with van der Waals surface area (Å²) < 4.78 is 7.20. The second-order valence-corrected chi connectivity index (χ2v) is 4.55. The van der Waals surface area contributed by atoms with Crippen LogP contribution in [0.1, 0.15) is 17.3 Å². The highest BCUT2D eigenvalue weighted by atomic mass is 16.5. The van der Waals surface area contributed by atoms with Gasteiger partial charge in [0.05, 0.1) is 24.6 Å². The third-order valence-corrected chi connectivity index (χ3v) is 3.12. The van der Waals surface area contributed by atoms with Crippen molar-refractivity contribution < 1.29 is 4.52 Å². The maximum absolute atomic E-state index is 5.06. The van der Waals surface area contributed by atoms with Gasteiger partial charge in [-0.05, 0) is 19.1 Å². The Morgan fingerprint density at radius 3 is 2.75 bits per heavy atom.